The van der Waals surface area contributed by atoms with E-state index in [0.29, 0.717) is 23.2 Å². The van der Waals surface area contributed by atoms with Crippen molar-refractivity contribution in [1.29, 1.82) is 0 Å². The molecule has 1 heterocycles. The smallest absolute Gasteiger partial charge is 0.128 e. The molecule has 0 radical (unpaired) electrons. The van der Waals surface area contributed by atoms with Crippen LogP contribution in [-0.4, -0.2) is 11.2 Å². The molecule has 0 saturated heterocycles. The van der Waals surface area contributed by atoms with Gasteiger partial charge in [0.2, 0.25) is 0 Å². The van der Waals surface area contributed by atoms with E-state index in [0.717, 1.165) is 22.2 Å². The molecule has 2 nitrogen and oxygen atoms in total. The summed E-state index contributed by atoms with van der Waals surface area (Å²) >= 11 is 12.2. The molecule has 0 atom stereocenters. The van der Waals surface area contributed by atoms with Crippen LogP contribution in [0.25, 0.3) is 10.9 Å². The van der Waals surface area contributed by atoms with Crippen LogP contribution in [0.5, 0.6) is 5.75 Å². The van der Waals surface area contributed by atoms with Crippen molar-refractivity contribution in [1.82, 2.24) is 4.57 Å². The van der Waals surface area contributed by atoms with Crippen LogP contribution in [0.4, 0.5) is 0 Å². The molecular weight excluding hydrogens is 305 g/mol. The van der Waals surface area contributed by atoms with E-state index < -0.39 is 0 Å². The summed E-state index contributed by atoms with van der Waals surface area (Å²) < 4.78 is 7.82. The van der Waals surface area contributed by atoms with E-state index in [9.17, 15) is 0 Å². The maximum absolute atomic E-state index is 6.26. The highest BCUT2D eigenvalue weighted by molar-refractivity contribution is 6.35. The Morgan fingerprint density at radius 3 is 2.71 bits per heavy atom. The third-order valence-electron chi connectivity index (χ3n) is 3.43. The van der Waals surface area contributed by atoms with Crippen molar-refractivity contribution < 1.29 is 4.74 Å². The third kappa shape index (κ3) is 2.87. The van der Waals surface area contributed by atoms with Gasteiger partial charge < -0.3 is 9.30 Å². The summed E-state index contributed by atoms with van der Waals surface area (Å²) in [5.41, 5.74) is 2.17. The summed E-state index contributed by atoms with van der Waals surface area (Å²) in [6.45, 7) is 3.35. The van der Waals surface area contributed by atoms with Crippen molar-refractivity contribution in [2.24, 2.45) is 0 Å². The number of rotatable bonds is 4. The molecule has 0 aliphatic heterocycles. The van der Waals surface area contributed by atoms with Crippen LogP contribution >= 0.6 is 23.2 Å². The summed E-state index contributed by atoms with van der Waals surface area (Å²) in [5, 5.41) is 2.45. The molecule has 0 fully saturated rings. The summed E-state index contributed by atoms with van der Waals surface area (Å²) in [5.74, 6) is 0.913. The Kier molecular flexibility index (Phi) is 4.09. The molecule has 0 unspecified atom stereocenters. The molecule has 108 valence electrons. The Hall–Kier alpha value is -1.64. The molecule has 3 aromatic rings. The van der Waals surface area contributed by atoms with Crippen molar-refractivity contribution in [3.63, 3.8) is 0 Å². The standard InChI is InChI=1S/C17H15Cl2NO/c1-2-21-17-5-3-4-16-14(17)8-9-20(16)11-12-6-7-13(18)10-15(12)19/h3-10H,2,11H2,1H3. The van der Waals surface area contributed by atoms with E-state index in [1.165, 1.54) is 0 Å². The van der Waals surface area contributed by atoms with Crippen LogP contribution in [0, 0.1) is 0 Å². The van der Waals surface area contributed by atoms with Gasteiger partial charge in [-0.3, -0.25) is 0 Å². The average molecular weight is 320 g/mol. The zero-order valence-electron chi connectivity index (χ0n) is 11.6. The van der Waals surface area contributed by atoms with E-state index >= 15 is 0 Å². The van der Waals surface area contributed by atoms with Gasteiger partial charge in [-0.05, 0) is 42.8 Å². The lowest BCUT2D eigenvalue weighted by Crippen LogP contribution is -1.99. The van der Waals surface area contributed by atoms with Gasteiger partial charge in [-0.2, -0.15) is 0 Å². The lowest BCUT2D eigenvalue weighted by Gasteiger charge is -2.09. The third-order valence-corrected chi connectivity index (χ3v) is 4.02. The van der Waals surface area contributed by atoms with Crippen LogP contribution < -0.4 is 4.74 Å². The second-order valence-corrected chi connectivity index (χ2v) is 5.64. The fourth-order valence-electron chi connectivity index (χ4n) is 2.45. The Bertz CT molecular complexity index is 780. The van der Waals surface area contributed by atoms with Crippen LogP contribution in [0.2, 0.25) is 10.0 Å². The molecule has 2 aromatic carbocycles. The molecule has 0 saturated carbocycles. The highest BCUT2D eigenvalue weighted by Crippen LogP contribution is 2.28. The normalized spacial score (nSPS) is 11.0. The number of fused-ring (bicyclic) bond motifs is 1. The van der Waals surface area contributed by atoms with Crippen molar-refractivity contribution in [2.75, 3.05) is 6.61 Å². The van der Waals surface area contributed by atoms with Gasteiger partial charge in [-0.15, -0.1) is 0 Å². The number of ether oxygens (including phenoxy) is 1. The first-order chi connectivity index (χ1) is 10.2. The van der Waals surface area contributed by atoms with E-state index in [1.54, 1.807) is 6.07 Å². The van der Waals surface area contributed by atoms with Gasteiger partial charge in [0, 0.05) is 28.2 Å². The van der Waals surface area contributed by atoms with Crippen molar-refractivity contribution in [2.45, 2.75) is 13.5 Å². The number of hydrogen-bond donors (Lipinski definition) is 0. The molecule has 0 bridgehead atoms. The quantitative estimate of drug-likeness (QED) is 0.628. The molecular formula is C17H15Cl2NO. The number of aromatic nitrogens is 1. The molecule has 21 heavy (non-hydrogen) atoms. The summed E-state index contributed by atoms with van der Waals surface area (Å²) in [7, 11) is 0. The van der Waals surface area contributed by atoms with E-state index in [2.05, 4.69) is 22.9 Å². The molecule has 0 aliphatic carbocycles. The Morgan fingerprint density at radius 1 is 1.10 bits per heavy atom. The molecule has 0 spiro atoms. The Morgan fingerprint density at radius 2 is 1.95 bits per heavy atom. The van der Waals surface area contributed by atoms with Crippen LogP contribution in [0.3, 0.4) is 0 Å². The van der Waals surface area contributed by atoms with Gasteiger partial charge in [-0.25, -0.2) is 0 Å². The van der Waals surface area contributed by atoms with Crippen LogP contribution in [0.1, 0.15) is 12.5 Å². The highest BCUT2D eigenvalue weighted by atomic mass is 35.5. The van der Waals surface area contributed by atoms with E-state index in [4.69, 9.17) is 27.9 Å². The topological polar surface area (TPSA) is 14.2 Å². The van der Waals surface area contributed by atoms with E-state index in [-0.39, 0.29) is 0 Å². The summed E-state index contributed by atoms with van der Waals surface area (Å²) in [6.07, 6.45) is 2.05. The second-order valence-electron chi connectivity index (χ2n) is 4.80. The Labute approximate surface area is 133 Å². The monoisotopic (exact) mass is 319 g/mol. The van der Waals surface area contributed by atoms with Crippen molar-refractivity contribution in [3.05, 3.63) is 64.3 Å². The van der Waals surface area contributed by atoms with Gasteiger partial charge in [0.25, 0.3) is 0 Å². The van der Waals surface area contributed by atoms with Gasteiger partial charge in [-0.1, -0.05) is 35.3 Å². The molecule has 0 N–H and O–H groups in total. The average Bonchev–Trinajstić information content (AvgIpc) is 2.87. The molecule has 0 amide bonds. The van der Waals surface area contributed by atoms with Crippen LogP contribution in [-0.2, 0) is 6.54 Å². The van der Waals surface area contributed by atoms with Crippen molar-refractivity contribution in [3.8, 4) is 5.75 Å². The molecule has 3 rings (SSSR count). The lowest BCUT2D eigenvalue weighted by molar-refractivity contribution is 0.344. The van der Waals surface area contributed by atoms with Gasteiger partial charge in [0.15, 0.2) is 0 Å². The number of nitrogens with zero attached hydrogens (tertiary/aromatic N) is 1. The van der Waals surface area contributed by atoms with Gasteiger partial charge in [0.05, 0.1) is 12.1 Å². The largest absolute Gasteiger partial charge is 0.493 e. The minimum Gasteiger partial charge on any atom is -0.493 e. The fourth-order valence-corrected chi connectivity index (χ4v) is 2.92. The molecule has 4 heteroatoms. The van der Waals surface area contributed by atoms with Crippen LogP contribution in [0.15, 0.2) is 48.7 Å². The zero-order chi connectivity index (χ0) is 14.8. The van der Waals surface area contributed by atoms with Crippen molar-refractivity contribution >= 4 is 34.1 Å². The van der Waals surface area contributed by atoms with Gasteiger partial charge >= 0.3 is 0 Å². The number of halogens is 2. The minimum absolute atomic E-state index is 0.653. The first kappa shape index (κ1) is 14.3. The lowest BCUT2D eigenvalue weighted by atomic mass is 10.2. The zero-order valence-corrected chi connectivity index (χ0v) is 13.2. The summed E-state index contributed by atoms with van der Waals surface area (Å²) in [4.78, 5) is 0. The maximum atomic E-state index is 6.26. The fraction of sp³-hybridized carbons (Fsp3) is 0.176. The second kappa shape index (κ2) is 6.00. The Balaban J connectivity index is 1.99. The molecule has 0 aliphatic rings. The number of benzene rings is 2. The predicted molar refractivity (Wildman–Crippen MR) is 88.7 cm³/mol. The first-order valence-electron chi connectivity index (χ1n) is 6.83. The SMILES string of the molecule is CCOc1cccc2c1ccn2Cc1ccc(Cl)cc1Cl. The minimum atomic E-state index is 0.653. The molecule has 1 aromatic heterocycles. The van der Waals surface area contributed by atoms with E-state index in [1.807, 2.05) is 31.2 Å². The first-order valence-corrected chi connectivity index (χ1v) is 7.59. The van der Waals surface area contributed by atoms with Gasteiger partial charge in [0.1, 0.15) is 5.75 Å². The summed E-state index contributed by atoms with van der Waals surface area (Å²) in [6, 6.07) is 13.8. The predicted octanol–water partition coefficient (Wildman–Crippen LogP) is 5.40. The number of hydrogen-bond acceptors (Lipinski definition) is 1. The highest BCUT2D eigenvalue weighted by Gasteiger charge is 2.08. The maximum Gasteiger partial charge on any atom is 0.128 e.